The van der Waals surface area contributed by atoms with E-state index in [1.54, 1.807) is 0 Å². The molecule has 1 nitrogen and oxygen atoms in total. The van der Waals surface area contributed by atoms with Gasteiger partial charge in [0.2, 0.25) is 0 Å². The van der Waals surface area contributed by atoms with Crippen molar-refractivity contribution in [2.45, 2.75) is 20.3 Å². The number of aryl methyl sites for hydroxylation is 1. The summed E-state index contributed by atoms with van der Waals surface area (Å²) >= 11 is 4.93. The Hall–Kier alpha value is -0.890. The highest BCUT2D eigenvalue weighted by molar-refractivity contribution is 7.80. The molecule has 0 saturated carbocycles. The van der Waals surface area contributed by atoms with E-state index in [0.29, 0.717) is 4.99 Å². The molecule has 0 aliphatic heterocycles. The highest BCUT2D eigenvalue weighted by Gasteiger charge is 2.03. The molecule has 1 aromatic rings. The molecule has 1 rings (SSSR count). The minimum atomic E-state index is 0.489. The molecular formula is C10H13NS. The molecule has 2 heteroatoms. The van der Waals surface area contributed by atoms with Crippen LogP contribution in [0.4, 0.5) is 0 Å². The first-order chi connectivity index (χ1) is 5.66. The van der Waals surface area contributed by atoms with Crippen molar-refractivity contribution in [2.24, 2.45) is 5.73 Å². The molecule has 0 aliphatic carbocycles. The minimum Gasteiger partial charge on any atom is -0.389 e. The molecule has 0 aliphatic rings. The maximum absolute atomic E-state index is 5.57. The quantitative estimate of drug-likeness (QED) is 0.704. The van der Waals surface area contributed by atoms with Crippen molar-refractivity contribution in [3.8, 4) is 0 Å². The smallest absolute Gasteiger partial charge is 0.104 e. The van der Waals surface area contributed by atoms with Crippen LogP contribution < -0.4 is 5.73 Å². The maximum atomic E-state index is 5.57. The van der Waals surface area contributed by atoms with Gasteiger partial charge in [0.1, 0.15) is 4.99 Å². The van der Waals surface area contributed by atoms with Gasteiger partial charge < -0.3 is 5.73 Å². The summed E-state index contributed by atoms with van der Waals surface area (Å²) in [5.41, 5.74) is 9.11. The predicted molar refractivity (Wildman–Crippen MR) is 56.4 cm³/mol. The molecule has 0 amide bonds. The van der Waals surface area contributed by atoms with Gasteiger partial charge in [-0.15, -0.1) is 0 Å². The van der Waals surface area contributed by atoms with Crippen LogP contribution in [0.5, 0.6) is 0 Å². The summed E-state index contributed by atoms with van der Waals surface area (Å²) in [5, 5.41) is 0. The fourth-order valence-corrected chi connectivity index (χ4v) is 1.55. The summed E-state index contributed by atoms with van der Waals surface area (Å²) in [4.78, 5) is 0.489. The molecule has 0 bridgehead atoms. The molecule has 0 saturated heterocycles. The summed E-state index contributed by atoms with van der Waals surface area (Å²) in [6.07, 6.45) is 1.03. The molecule has 12 heavy (non-hydrogen) atoms. The Balaban J connectivity index is 3.23. The Kier molecular flexibility index (Phi) is 2.82. The van der Waals surface area contributed by atoms with Crippen LogP contribution in [-0.2, 0) is 6.42 Å². The third kappa shape index (κ3) is 1.64. The highest BCUT2D eigenvalue weighted by Crippen LogP contribution is 2.13. The molecule has 0 heterocycles. The Morgan fingerprint density at radius 2 is 2.17 bits per heavy atom. The fraction of sp³-hybridized carbons (Fsp3) is 0.300. The first kappa shape index (κ1) is 9.20. The second-order valence-electron chi connectivity index (χ2n) is 2.81. The zero-order valence-electron chi connectivity index (χ0n) is 7.42. The monoisotopic (exact) mass is 179 g/mol. The van der Waals surface area contributed by atoms with Crippen LogP contribution >= 0.6 is 12.2 Å². The van der Waals surface area contributed by atoms with E-state index in [1.165, 1.54) is 11.1 Å². The number of rotatable bonds is 2. The van der Waals surface area contributed by atoms with Gasteiger partial charge in [0, 0.05) is 5.56 Å². The van der Waals surface area contributed by atoms with E-state index < -0.39 is 0 Å². The van der Waals surface area contributed by atoms with Gasteiger partial charge in [-0.3, -0.25) is 0 Å². The molecule has 0 fully saturated rings. The van der Waals surface area contributed by atoms with Crippen molar-refractivity contribution in [1.29, 1.82) is 0 Å². The van der Waals surface area contributed by atoms with Crippen molar-refractivity contribution < 1.29 is 0 Å². The van der Waals surface area contributed by atoms with Crippen LogP contribution in [0.3, 0.4) is 0 Å². The van der Waals surface area contributed by atoms with Gasteiger partial charge in [-0.2, -0.15) is 0 Å². The summed E-state index contributed by atoms with van der Waals surface area (Å²) in [7, 11) is 0. The number of hydrogen-bond donors (Lipinski definition) is 1. The van der Waals surface area contributed by atoms with E-state index in [2.05, 4.69) is 19.9 Å². The van der Waals surface area contributed by atoms with Crippen molar-refractivity contribution in [3.63, 3.8) is 0 Å². The number of nitrogens with two attached hydrogens (primary N) is 1. The maximum Gasteiger partial charge on any atom is 0.104 e. The zero-order valence-corrected chi connectivity index (χ0v) is 8.24. The highest BCUT2D eigenvalue weighted by atomic mass is 32.1. The molecule has 0 radical (unpaired) electrons. The van der Waals surface area contributed by atoms with Crippen molar-refractivity contribution in [3.05, 3.63) is 34.9 Å². The van der Waals surface area contributed by atoms with Gasteiger partial charge in [-0.1, -0.05) is 37.3 Å². The fourth-order valence-electron chi connectivity index (χ4n) is 1.33. The third-order valence-electron chi connectivity index (χ3n) is 2.09. The zero-order chi connectivity index (χ0) is 9.14. The molecule has 0 unspecified atom stereocenters. The van der Waals surface area contributed by atoms with Gasteiger partial charge in [-0.25, -0.2) is 0 Å². The van der Waals surface area contributed by atoms with Crippen LogP contribution in [0.1, 0.15) is 23.6 Å². The summed E-state index contributed by atoms with van der Waals surface area (Å²) < 4.78 is 0. The van der Waals surface area contributed by atoms with E-state index in [1.807, 2.05) is 12.1 Å². The molecule has 1 aromatic carbocycles. The van der Waals surface area contributed by atoms with E-state index in [9.17, 15) is 0 Å². The van der Waals surface area contributed by atoms with Crippen molar-refractivity contribution in [1.82, 2.24) is 0 Å². The lowest BCUT2D eigenvalue weighted by Crippen LogP contribution is -2.11. The van der Waals surface area contributed by atoms with Gasteiger partial charge in [-0.05, 0) is 24.5 Å². The van der Waals surface area contributed by atoms with Crippen LogP contribution in [0.25, 0.3) is 0 Å². The lowest BCUT2D eigenvalue weighted by Gasteiger charge is -2.07. The number of hydrogen-bond acceptors (Lipinski definition) is 1. The molecule has 0 aromatic heterocycles. The SMILES string of the molecule is CCc1cccc(C(N)=S)c1C. The van der Waals surface area contributed by atoms with Crippen LogP contribution in [0.15, 0.2) is 18.2 Å². The van der Waals surface area contributed by atoms with E-state index in [4.69, 9.17) is 18.0 Å². The van der Waals surface area contributed by atoms with E-state index >= 15 is 0 Å². The van der Waals surface area contributed by atoms with Gasteiger partial charge in [0.15, 0.2) is 0 Å². The van der Waals surface area contributed by atoms with Gasteiger partial charge in [0.25, 0.3) is 0 Å². The first-order valence-corrected chi connectivity index (χ1v) is 4.46. The molecular weight excluding hydrogens is 166 g/mol. The lowest BCUT2D eigenvalue weighted by atomic mass is 10.0. The molecule has 0 atom stereocenters. The van der Waals surface area contributed by atoms with Crippen LogP contribution in [0.2, 0.25) is 0 Å². The number of thiocarbonyl (C=S) groups is 1. The number of benzene rings is 1. The third-order valence-corrected chi connectivity index (χ3v) is 2.31. The average molecular weight is 179 g/mol. The molecule has 0 spiro atoms. The Morgan fingerprint density at radius 3 is 2.67 bits per heavy atom. The van der Waals surface area contributed by atoms with Gasteiger partial charge >= 0.3 is 0 Å². The Morgan fingerprint density at radius 1 is 1.50 bits per heavy atom. The standard InChI is InChI=1S/C10H13NS/c1-3-8-5-4-6-9(7(8)2)10(11)12/h4-6H,3H2,1-2H3,(H2,11,12). The summed E-state index contributed by atoms with van der Waals surface area (Å²) in [6, 6.07) is 6.08. The van der Waals surface area contributed by atoms with Crippen LogP contribution in [-0.4, -0.2) is 4.99 Å². The van der Waals surface area contributed by atoms with Gasteiger partial charge in [0.05, 0.1) is 0 Å². The molecule has 2 N–H and O–H groups in total. The van der Waals surface area contributed by atoms with Crippen molar-refractivity contribution in [2.75, 3.05) is 0 Å². The first-order valence-electron chi connectivity index (χ1n) is 4.05. The Bertz CT molecular complexity index is 305. The van der Waals surface area contributed by atoms with E-state index in [-0.39, 0.29) is 0 Å². The predicted octanol–water partition coefficient (Wildman–Crippen LogP) is 2.19. The average Bonchev–Trinajstić information content (AvgIpc) is 2.04. The Labute approximate surface area is 78.6 Å². The molecule has 64 valence electrons. The van der Waals surface area contributed by atoms with Crippen molar-refractivity contribution >= 4 is 17.2 Å². The minimum absolute atomic E-state index is 0.489. The summed E-state index contributed by atoms with van der Waals surface area (Å²) in [6.45, 7) is 4.19. The normalized spacial score (nSPS) is 9.83. The summed E-state index contributed by atoms with van der Waals surface area (Å²) in [5.74, 6) is 0. The second kappa shape index (κ2) is 3.68. The van der Waals surface area contributed by atoms with E-state index in [0.717, 1.165) is 12.0 Å². The van der Waals surface area contributed by atoms with Crippen LogP contribution in [0, 0.1) is 6.92 Å². The second-order valence-corrected chi connectivity index (χ2v) is 3.25. The lowest BCUT2D eigenvalue weighted by molar-refractivity contribution is 1.11. The largest absolute Gasteiger partial charge is 0.389 e. The topological polar surface area (TPSA) is 26.0 Å².